The van der Waals surface area contributed by atoms with Crippen LogP contribution in [-0.4, -0.2) is 15.1 Å². The van der Waals surface area contributed by atoms with Crippen molar-refractivity contribution in [1.82, 2.24) is 0 Å². The summed E-state index contributed by atoms with van der Waals surface area (Å²) in [6.07, 6.45) is 0. The average molecular weight is 375 g/mol. The van der Waals surface area contributed by atoms with Crippen LogP contribution in [0.4, 0.5) is 5.69 Å². The first kappa shape index (κ1) is 17.3. The Hall–Kier alpha value is -4.13. The number of rotatable bonds is 3. The minimum Gasteiger partial charge on any atom is -0.508 e. The molecule has 0 spiro atoms. The van der Waals surface area contributed by atoms with Gasteiger partial charge in [-0.3, -0.25) is 14.9 Å². The second-order valence-electron chi connectivity index (χ2n) is 6.20. The Kier molecular flexibility index (Phi) is 4.04. The lowest BCUT2D eigenvalue weighted by atomic mass is 10.0. The fourth-order valence-corrected chi connectivity index (χ4v) is 3.02. The zero-order valence-corrected chi connectivity index (χ0v) is 14.3. The summed E-state index contributed by atoms with van der Waals surface area (Å²) in [6, 6.07) is 16.9. The van der Waals surface area contributed by atoms with Gasteiger partial charge in [0.25, 0.3) is 5.69 Å². The Labute approximate surface area is 157 Å². The van der Waals surface area contributed by atoms with Gasteiger partial charge in [0.1, 0.15) is 28.2 Å². The molecule has 0 aliphatic carbocycles. The molecule has 0 fully saturated rings. The third kappa shape index (κ3) is 3.05. The fourth-order valence-electron chi connectivity index (χ4n) is 3.02. The Morgan fingerprint density at radius 3 is 2.29 bits per heavy atom. The molecule has 0 saturated carbocycles. The third-order valence-corrected chi connectivity index (χ3v) is 4.35. The zero-order chi connectivity index (χ0) is 19.8. The van der Waals surface area contributed by atoms with E-state index >= 15 is 0 Å². The third-order valence-electron chi connectivity index (χ3n) is 4.35. The SMILES string of the molecule is O=c1cc(-c2cccc(-c3ccc([N+](=O)[O-])cc3)c2)oc2cc(O)cc(O)c12. The highest BCUT2D eigenvalue weighted by Crippen LogP contribution is 2.32. The van der Waals surface area contributed by atoms with Crippen molar-refractivity contribution in [2.45, 2.75) is 0 Å². The second-order valence-corrected chi connectivity index (χ2v) is 6.20. The predicted molar refractivity (Wildman–Crippen MR) is 103 cm³/mol. The quantitative estimate of drug-likeness (QED) is 0.404. The van der Waals surface area contributed by atoms with Gasteiger partial charge in [0.15, 0.2) is 5.43 Å². The molecule has 28 heavy (non-hydrogen) atoms. The largest absolute Gasteiger partial charge is 0.508 e. The van der Waals surface area contributed by atoms with E-state index in [4.69, 9.17) is 4.42 Å². The monoisotopic (exact) mass is 375 g/mol. The van der Waals surface area contributed by atoms with E-state index in [1.807, 2.05) is 6.07 Å². The number of fused-ring (bicyclic) bond motifs is 1. The van der Waals surface area contributed by atoms with Gasteiger partial charge in [-0.15, -0.1) is 0 Å². The Balaban J connectivity index is 1.81. The van der Waals surface area contributed by atoms with E-state index in [0.29, 0.717) is 5.56 Å². The van der Waals surface area contributed by atoms with Gasteiger partial charge in [-0.2, -0.15) is 0 Å². The first-order valence-corrected chi connectivity index (χ1v) is 8.27. The van der Waals surface area contributed by atoms with Crippen LogP contribution in [0.3, 0.4) is 0 Å². The lowest BCUT2D eigenvalue weighted by molar-refractivity contribution is -0.384. The number of benzene rings is 3. The van der Waals surface area contributed by atoms with Crippen molar-refractivity contribution in [2.24, 2.45) is 0 Å². The van der Waals surface area contributed by atoms with Crippen LogP contribution >= 0.6 is 0 Å². The average Bonchev–Trinajstić information content (AvgIpc) is 2.67. The molecule has 0 aliphatic rings. The summed E-state index contributed by atoms with van der Waals surface area (Å²) < 4.78 is 5.72. The molecule has 2 N–H and O–H groups in total. The zero-order valence-electron chi connectivity index (χ0n) is 14.3. The second kappa shape index (κ2) is 6.55. The van der Waals surface area contributed by atoms with Crippen LogP contribution in [0, 0.1) is 10.1 Å². The maximum absolute atomic E-state index is 12.4. The van der Waals surface area contributed by atoms with Crippen LogP contribution < -0.4 is 5.43 Å². The minimum absolute atomic E-state index is 0.0000425. The van der Waals surface area contributed by atoms with Crippen molar-refractivity contribution in [2.75, 3.05) is 0 Å². The normalized spacial score (nSPS) is 10.9. The fraction of sp³-hybridized carbons (Fsp3) is 0. The van der Waals surface area contributed by atoms with Crippen molar-refractivity contribution in [3.8, 4) is 33.9 Å². The van der Waals surface area contributed by atoms with E-state index in [1.165, 1.54) is 24.3 Å². The predicted octanol–water partition coefficient (Wildman–Crippen LogP) is 4.45. The smallest absolute Gasteiger partial charge is 0.269 e. The maximum Gasteiger partial charge on any atom is 0.269 e. The summed E-state index contributed by atoms with van der Waals surface area (Å²) in [7, 11) is 0. The molecule has 4 aromatic rings. The van der Waals surface area contributed by atoms with Crippen LogP contribution in [0.2, 0.25) is 0 Å². The van der Waals surface area contributed by atoms with Crippen molar-refractivity contribution in [3.63, 3.8) is 0 Å². The summed E-state index contributed by atoms with van der Waals surface area (Å²) in [5.41, 5.74) is 1.80. The number of phenols is 2. The number of hydrogen-bond donors (Lipinski definition) is 2. The Morgan fingerprint density at radius 1 is 0.857 bits per heavy atom. The van der Waals surface area contributed by atoms with Gasteiger partial charge in [-0.05, 0) is 29.3 Å². The van der Waals surface area contributed by atoms with E-state index in [-0.39, 0.29) is 33.9 Å². The number of phenolic OH excluding ortho intramolecular Hbond substituents is 2. The van der Waals surface area contributed by atoms with Crippen LogP contribution in [0.5, 0.6) is 11.5 Å². The summed E-state index contributed by atoms with van der Waals surface area (Å²) >= 11 is 0. The topological polar surface area (TPSA) is 114 Å². The molecule has 0 saturated heterocycles. The van der Waals surface area contributed by atoms with Gasteiger partial charge < -0.3 is 14.6 Å². The molecule has 0 unspecified atom stereocenters. The summed E-state index contributed by atoms with van der Waals surface area (Å²) in [6.45, 7) is 0. The van der Waals surface area contributed by atoms with Crippen molar-refractivity contribution >= 4 is 16.7 Å². The molecular formula is C21H13NO6. The lowest BCUT2D eigenvalue weighted by Gasteiger charge is -2.07. The van der Waals surface area contributed by atoms with E-state index in [0.717, 1.165) is 17.2 Å². The van der Waals surface area contributed by atoms with E-state index < -0.39 is 10.4 Å². The van der Waals surface area contributed by atoms with Gasteiger partial charge in [0.05, 0.1) is 4.92 Å². The molecule has 138 valence electrons. The Morgan fingerprint density at radius 2 is 1.57 bits per heavy atom. The van der Waals surface area contributed by atoms with Crippen LogP contribution in [0.25, 0.3) is 33.4 Å². The van der Waals surface area contributed by atoms with Crippen molar-refractivity contribution in [1.29, 1.82) is 0 Å². The van der Waals surface area contributed by atoms with Gasteiger partial charge in [0, 0.05) is 35.9 Å². The molecule has 1 aromatic heterocycles. The molecule has 4 rings (SSSR count). The molecule has 7 nitrogen and oxygen atoms in total. The van der Waals surface area contributed by atoms with Gasteiger partial charge in [0.2, 0.25) is 0 Å². The summed E-state index contributed by atoms with van der Waals surface area (Å²) in [5.74, 6) is -0.300. The highest BCUT2D eigenvalue weighted by atomic mass is 16.6. The first-order chi connectivity index (χ1) is 13.4. The number of non-ortho nitro benzene ring substituents is 1. The molecule has 1 heterocycles. The molecule has 7 heteroatoms. The maximum atomic E-state index is 12.4. The van der Waals surface area contributed by atoms with Gasteiger partial charge >= 0.3 is 0 Å². The summed E-state index contributed by atoms with van der Waals surface area (Å²) in [5, 5.41) is 30.3. The van der Waals surface area contributed by atoms with E-state index in [2.05, 4.69) is 0 Å². The van der Waals surface area contributed by atoms with Crippen LogP contribution in [0.15, 0.2) is 75.9 Å². The van der Waals surface area contributed by atoms with Gasteiger partial charge in [-0.25, -0.2) is 0 Å². The van der Waals surface area contributed by atoms with Crippen LogP contribution in [0.1, 0.15) is 0 Å². The molecule has 0 radical (unpaired) electrons. The highest BCUT2D eigenvalue weighted by Gasteiger charge is 2.13. The van der Waals surface area contributed by atoms with E-state index in [9.17, 15) is 25.1 Å². The lowest BCUT2D eigenvalue weighted by Crippen LogP contribution is -2.00. The number of hydrogen-bond acceptors (Lipinski definition) is 6. The molecule has 0 bridgehead atoms. The van der Waals surface area contributed by atoms with E-state index in [1.54, 1.807) is 30.3 Å². The molecule has 3 aromatic carbocycles. The molecule has 0 amide bonds. The highest BCUT2D eigenvalue weighted by molar-refractivity contribution is 5.86. The number of aromatic hydroxyl groups is 2. The first-order valence-electron chi connectivity index (χ1n) is 8.27. The number of nitro groups is 1. The molecular weight excluding hydrogens is 362 g/mol. The number of nitrogens with zero attached hydrogens (tertiary/aromatic N) is 1. The minimum atomic E-state index is -0.464. The number of nitro benzene ring substituents is 1. The standard InChI is InChI=1S/C21H13NO6/c23-16-9-17(24)21-18(25)11-19(28-20(21)10-16)14-3-1-2-13(8-14)12-4-6-15(7-5-12)22(26)27/h1-11,23-24H. The van der Waals surface area contributed by atoms with Crippen molar-refractivity contribution < 1.29 is 19.6 Å². The Bertz CT molecular complexity index is 1270. The molecule has 0 aliphatic heterocycles. The van der Waals surface area contributed by atoms with Gasteiger partial charge in [-0.1, -0.05) is 18.2 Å². The molecule has 0 atom stereocenters. The van der Waals surface area contributed by atoms with Crippen LogP contribution in [-0.2, 0) is 0 Å². The summed E-state index contributed by atoms with van der Waals surface area (Å²) in [4.78, 5) is 22.7. The van der Waals surface area contributed by atoms with Crippen molar-refractivity contribution in [3.05, 3.63) is 87.1 Å².